The van der Waals surface area contributed by atoms with Gasteiger partial charge in [-0.15, -0.1) is 0 Å². The summed E-state index contributed by atoms with van der Waals surface area (Å²) in [7, 11) is 0. The third-order valence-corrected chi connectivity index (χ3v) is 5.83. The number of aromatic nitrogens is 3. The van der Waals surface area contributed by atoms with Gasteiger partial charge in [-0.1, -0.05) is 23.5 Å². The highest BCUT2D eigenvalue weighted by Gasteiger charge is 2.35. The summed E-state index contributed by atoms with van der Waals surface area (Å²) in [6, 6.07) is 5.21. The molecule has 1 fully saturated rings. The number of hydrogen-bond acceptors (Lipinski definition) is 6. The number of rotatable bonds is 4. The van der Waals surface area contributed by atoms with Crippen LogP contribution >= 0.6 is 11.3 Å². The standard InChI is InChI=1S/C19H16F3N5O2S/c1-23-10-14-24-16-15(17(28)25-14)30-18(26-16)27-8-6-11(7-9-27)29-13-5-3-2-4-12(13)19(20,21)22/h2-5,11H,6-10H2,(H,24,25,28). The highest BCUT2D eigenvalue weighted by Crippen LogP contribution is 2.37. The van der Waals surface area contributed by atoms with E-state index in [0.29, 0.717) is 41.4 Å². The summed E-state index contributed by atoms with van der Waals surface area (Å²) in [5.74, 6) is 0.112. The Hall–Kier alpha value is -3.13. The summed E-state index contributed by atoms with van der Waals surface area (Å²) in [6.45, 7) is 7.93. The smallest absolute Gasteiger partial charge is 0.419 e. The van der Waals surface area contributed by atoms with E-state index in [1.165, 1.54) is 29.5 Å². The van der Waals surface area contributed by atoms with Crippen LogP contribution < -0.4 is 15.2 Å². The van der Waals surface area contributed by atoms with Crippen LogP contribution in [0.1, 0.15) is 24.2 Å². The van der Waals surface area contributed by atoms with Crippen LogP contribution in [0.4, 0.5) is 18.3 Å². The van der Waals surface area contributed by atoms with Crippen molar-refractivity contribution in [3.8, 4) is 5.75 Å². The Morgan fingerprint density at radius 2 is 2.00 bits per heavy atom. The molecule has 7 nitrogen and oxygen atoms in total. The number of alkyl halides is 3. The van der Waals surface area contributed by atoms with Gasteiger partial charge in [0, 0.05) is 25.9 Å². The molecule has 2 aromatic heterocycles. The molecule has 3 heterocycles. The van der Waals surface area contributed by atoms with Crippen molar-refractivity contribution in [2.45, 2.75) is 31.7 Å². The van der Waals surface area contributed by atoms with Gasteiger partial charge in [0.15, 0.2) is 16.6 Å². The first-order valence-corrected chi connectivity index (χ1v) is 9.97. The highest BCUT2D eigenvalue weighted by molar-refractivity contribution is 7.22. The van der Waals surface area contributed by atoms with E-state index in [1.54, 1.807) is 0 Å². The fourth-order valence-electron chi connectivity index (χ4n) is 3.30. The van der Waals surface area contributed by atoms with E-state index in [-0.39, 0.29) is 29.8 Å². The number of H-pyrrole nitrogens is 1. The molecular weight excluding hydrogens is 419 g/mol. The molecule has 4 rings (SSSR count). The van der Waals surface area contributed by atoms with Crippen LogP contribution in [0.5, 0.6) is 5.75 Å². The molecule has 0 atom stereocenters. The van der Waals surface area contributed by atoms with Crippen LogP contribution in [-0.2, 0) is 12.7 Å². The summed E-state index contributed by atoms with van der Waals surface area (Å²) < 4.78 is 45.5. The van der Waals surface area contributed by atoms with Gasteiger partial charge in [-0.25, -0.2) is 11.6 Å². The zero-order valence-corrected chi connectivity index (χ0v) is 16.4. The van der Waals surface area contributed by atoms with E-state index in [2.05, 4.69) is 19.8 Å². The number of para-hydroxylation sites is 1. The monoisotopic (exact) mass is 435 g/mol. The number of benzene rings is 1. The van der Waals surface area contributed by atoms with Crippen molar-refractivity contribution in [3.63, 3.8) is 0 Å². The lowest BCUT2D eigenvalue weighted by atomic mass is 10.1. The van der Waals surface area contributed by atoms with Gasteiger partial charge in [0.2, 0.25) is 0 Å². The number of nitrogens with zero attached hydrogens (tertiary/aromatic N) is 4. The number of aromatic amines is 1. The Kier molecular flexibility index (Phi) is 5.34. The molecule has 0 unspecified atom stereocenters. The first kappa shape index (κ1) is 20.2. The van der Waals surface area contributed by atoms with Gasteiger partial charge in [0.25, 0.3) is 12.1 Å². The summed E-state index contributed by atoms with van der Waals surface area (Å²) in [5.41, 5.74) is -0.807. The Morgan fingerprint density at radius 1 is 1.27 bits per heavy atom. The maximum Gasteiger partial charge on any atom is 0.419 e. The van der Waals surface area contributed by atoms with Crippen LogP contribution in [0.15, 0.2) is 29.1 Å². The van der Waals surface area contributed by atoms with Gasteiger partial charge in [-0.2, -0.15) is 18.2 Å². The maximum atomic E-state index is 13.2. The lowest BCUT2D eigenvalue weighted by molar-refractivity contribution is -0.139. The third-order valence-electron chi connectivity index (χ3n) is 4.73. The van der Waals surface area contributed by atoms with E-state index in [1.807, 2.05) is 4.90 Å². The third kappa shape index (κ3) is 4.09. The number of fused-ring (bicyclic) bond motifs is 1. The van der Waals surface area contributed by atoms with Gasteiger partial charge < -0.3 is 19.5 Å². The minimum Gasteiger partial charge on any atom is -0.490 e. The van der Waals surface area contributed by atoms with E-state index < -0.39 is 11.7 Å². The summed E-state index contributed by atoms with van der Waals surface area (Å²) in [5, 5.41) is 0.622. The van der Waals surface area contributed by atoms with Crippen LogP contribution in [-0.4, -0.2) is 34.1 Å². The molecule has 1 aliphatic heterocycles. The normalized spacial score (nSPS) is 15.3. The summed E-state index contributed by atoms with van der Waals surface area (Å²) >= 11 is 1.21. The number of anilines is 1. The molecule has 1 saturated heterocycles. The second kappa shape index (κ2) is 7.95. The predicted molar refractivity (Wildman–Crippen MR) is 106 cm³/mol. The Balaban J connectivity index is 1.46. The van der Waals surface area contributed by atoms with Crippen LogP contribution in [0.3, 0.4) is 0 Å². The minimum atomic E-state index is -4.47. The molecular formula is C19H16F3N5O2S. The lowest BCUT2D eigenvalue weighted by Gasteiger charge is -2.32. The molecule has 0 amide bonds. The Morgan fingerprint density at radius 3 is 2.70 bits per heavy atom. The number of hydrogen-bond donors (Lipinski definition) is 1. The minimum absolute atomic E-state index is 0.0276. The Labute approximate surface area is 173 Å². The van der Waals surface area contributed by atoms with Crippen molar-refractivity contribution < 1.29 is 17.9 Å². The van der Waals surface area contributed by atoms with Gasteiger partial charge in [-0.3, -0.25) is 4.79 Å². The molecule has 0 saturated carbocycles. The first-order valence-electron chi connectivity index (χ1n) is 9.16. The average Bonchev–Trinajstić information content (AvgIpc) is 3.13. The van der Waals surface area contributed by atoms with Crippen molar-refractivity contribution in [2.24, 2.45) is 0 Å². The lowest BCUT2D eigenvalue weighted by Crippen LogP contribution is -2.38. The largest absolute Gasteiger partial charge is 0.490 e. The van der Waals surface area contributed by atoms with Crippen LogP contribution in [0.25, 0.3) is 15.2 Å². The molecule has 0 aliphatic carbocycles. The van der Waals surface area contributed by atoms with Crippen LogP contribution in [0.2, 0.25) is 0 Å². The van der Waals surface area contributed by atoms with Crippen molar-refractivity contribution in [3.05, 3.63) is 57.4 Å². The van der Waals surface area contributed by atoms with Crippen molar-refractivity contribution in [1.29, 1.82) is 0 Å². The fraction of sp³-hybridized carbons (Fsp3) is 0.368. The molecule has 0 bridgehead atoms. The van der Waals surface area contributed by atoms with Gasteiger partial charge >= 0.3 is 6.18 Å². The molecule has 1 aliphatic rings. The van der Waals surface area contributed by atoms with Crippen LogP contribution in [0, 0.1) is 6.57 Å². The number of halogens is 3. The second-order valence-corrected chi connectivity index (χ2v) is 7.75. The topological polar surface area (TPSA) is 75.5 Å². The van der Waals surface area contributed by atoms with E-state index in [9.17, 15) is 18.0 Å². The number of ether oxygens (including phenoxy) is 1. The highest BCUT2D eigenvalue weighted by atomic mass is 32.1. The maximum absolute atomic E-state index is 13.2. The van der Waals surface area contributed by atoms with Crippen molar-refractivity contribution >= 4 is 26.8 Å². The zero-order valence-electron chi connectivity index (χ0n) is 15.6. The van der Waals surface area contributed by atoms with Gasteiger partial charge in [0.1, 0.15) is 16.6 Å². The molecule has 3 aromatic rings. The van der Waals surface area contributed by atoms with Crippen molar-refractivity contribution in [1.82, 2.24) is 15.0 Å². The first-order chi connectivity index (χ1) is 14.3. The SMILES string of the molecule is [C-]#[N+]Cc1nc2nc(N3CCC(Oc4ccccc4C(F)(F)F)CC3)sc2c(=O)[nH]1. The van der Waals surface area contributed by atoms with E-state index >= 15 is 0 Å². The van der Waals surface area contributed by atoms with E-state index in [0.717, 1.165) is 6.07 Å². The predicted octanol–water partition coefficient (Wildman–Crippen LogP) is 3.87. The Bertz CT molecular complexity index is 1160. The zero-order chi connectivity index (χ0) is 21.3. The molecule has 1 aromatic carbocycles. The second-order valence-electron chi connectivity index (χ2n) is 6.78. The molecule has 30 heavy (non-hydrogen) atoms. The van der Waals surface area contributed by atoms with Crippen molar-refractivity contribution in [2.75, 3.05) is 18.0 Å². The molecule has 0 radical (unpaired) electrons. The van der Waals surface area contributed by atoms with E-state index in [4.69, 9.17) is 11.3 Å². The summed E-state index contributed by atoms with van der Waals surface area (Å²) in [4.78, 5) is 28.6. The summed E-state index contributed by atoms with van der Waals surface area (Å²) in [6.07, 6.45) is -3.76. The number of nitrogens with one attached hydrogen (secondary N) is 1. The molecule has 1 N–H and O–H groups in total. The number of thiazole rings is 1. The number of piperidine rings is 1. The molecule has 0 spiro atoms. The fourth-order valence-corrected chi connectivity index (χ4v) is 4.25. The van der Waals surface area contributed by atoms with Gasteiger partial charge in [0.05, 0.1) is 5.56 Å². The molecule has 156 valence electrons. The average molecular weight is 435 g/mol. The van der Waals surface area contributed by atoms with Gasteiger partial charge in [-0.05, 0) is 12.1 Å². The molecule has 11 heteroatoms. The quantitative estimate of drug-likeness (QED) is 0.630.